The summed E-state index contributed by atoms with van der Waals surface area (Å²) in [5, 5.41) is 7.16. The van der Waals surface area contributed by atoms with Gasteiger partial charge in [0.2, 0.25) is 0 Å². The lowest BCUT2D eigenvalue weighted by Crippen LogP contribution is -2.29. The summed E-state index contributed by atoms with van der Waals surface area (Å²) in [5.74, 6) is -0.228. The van der Waals surface area contributed by atoms with Crippen molar-refractivity contribution in [3.8, 4) is 0 Å². The molecule has 0 aromatic carbocycles. The summed E-state index contributed by atoms with van der Waals surface area (Å²) in [5.41, 5.74) is 8.51. The van der Waals surface area contributed by atoms with Crippen LogP contribution in [0.15, 0.2) is 24.5 Å². The number of aryl methyl sites for hydroxylation is 2. The van der Waals surface area contributed by atoms with Crippen molar-refractivity contribution in [3.63, 3.8) is 0 Å². The average Bonchev–Trinajstić information content (AvgIpc) is 2.74. The van der Waals surface area contributed by atoms with Crippen LogP contribution in [0, 0.1) is 0 Å². The van der Waals surface area contributed by atoms with Gasteiger partial charge in [-0.05, 0) is 25.0 Å². The molecule has 6 heteroatoms. The van der Waals surface area contributed by atoms with Crippen molar-refractivity contribution in [2.45, 2.75) is 26.3 Å². The van der Waals surface area contributed by atoms with Crippen LogP contribution in [0.5, 0.6) is 0 Å². The highest BCUT2D eigenvalue weighted by Gasteiger charge is 2.20. The molecule has 0 saturated heterocycles. The number of amides is 1. The Balaban J connectivity index is 2.19. The zero-order valence-electron chi connectivity index (χ0n) is 11.9. The molecule has 0 aliphatic heterocycles. The van der Waals surface area contributed by atoms with Gasteiger partial charge in [-0.3, -0.25) is 14.5 Å². The van der Waals surface area contributed by atoms with Crippen LogP contribution in [0.3, 0.4) is 0 Å². The van der Waals surface area contributed by atoms with Gasteiger partial charge in [0.1, 0.15) is 5.69 Å². The summed E-state index contributed by atoms with van der Waals surface area (Å²) in [4.78, 5) is 16.4. The third kappa shape index (κ3) is 2.64. The Morgan fingerprint density at radius 2 is 2.30 bits per heavy atom. The van der Waals surface area contributed by atoms with Gasteiger partial charge < -0.3 is 11.1 Å². The van der Waals surface area contributed by atoms with Crippen LogP contribution < -0.4 is 11.1 Å². The molecule has 0 aliphatic rings. The molecule has 2 aromatic heterocycles. The van der Waals surface area contributed by atoms with E-state index in [9.17, 15) is 4.79 Å². The van der Waals surface area contributed by atoms with E-state index in [1.54, 1.807) is 19.4 Å². The first kappa shape index (κ1) is 14.0. The number of carbonyl (C=O) groups excluding carboxylic acids is 1. The van der Waals surface area contributed by atoms with Gasteiger partial charge in [0.05, 0.1) is 17.4 Å². The van der Waals surface area contributed by atoms with Crippen molar-refractivity contribution in [3.05, 3.63) is 41.5 Å². The molecule has 2 heterocycles. The van der Waals surface area contributed by atoms with E-state index in [1.165, 1.54) is 4.68 Å². The fraction of sp³-hybridized carbons (Fsp3) is 0.357. The molecule has 20 heavy (non-hydrogen) atoms. The molecule has 0 aliphatic carbocycles. The minimum Gasteiger partial charge on any atom is -0.395 e. The summed E-state index contributed by atoms with van der Waals surface area (Å²) in [6.07, 6.45) is 4.13. The first-order valence-electron chi connectivity index (χ1n) is 6.56. The molecule has 0 fully saturated rings. The fourth-order valence-corrected chi connectivity index (χ4v) is 2.11. The molecular weight excluding hydrogens is 254 g/mol. The molecule has 0 radical (unpaired) electrons. The van der Waals surface area contributed by atoms with E-state index in [0.29, 0.717) is 17.8 Å². The highest BCUT2D eigenvalue weighted by atomic mass is 16.2. The minimum absolute atomic E-state index is 0.143. The van der Waals surface area contributed by atoms with E-state index in [1.807, 2.05) is 26.0 Å². The average molecular weight is 273 g/mol. The largest absolute Gasteiger partial charge is 0.395 e. The Labute approximate surface area is 118 Å². The molecule has 2 aromatic rings. The van der Waals surface area contributed by atoms with Gasteiger partial charge >= 0.3 is 0 Å². The quantitative estimate of drug-likeness (QED) is 0.882. The predicted molar refractivity (Wildman–Crippen MR) is 77.1 cm³/mol. The number of hydrogen-bond donors (Lipinski definition) is 2. The standard InChI is InChI=1S/C14H19N5O/c1-4-11-12(15)13(19(3)18-11)14(20)17-9(2)10-6-5-7-16-8-10/h5-9H,4,15H2,1-3H3,(H,17,20). The third-order valence-corrected chi connectivity index (χ3v) is 3.24. The summed E-state index contributed by atoms with van der Waals surface area (Å²) < 4.78 is 1.53. The number of aromatic nitrogens is 3. The highest BCUT2D eigenvalue weighted by Crippen LogP contribution is 2.18. The van der Waals surface area contributed by atoms with Gasteiger partial charge in [0.15, 0.2) is 0 Å². The maximum Gasteiger partial charge on any atom is 0.272 e. The van der Waals surface area contributed by atoms with Crippen LogP contribution in [0.1, 0.15) is 41.6 Å². The van der Waals surface area contributed by atoms with Gasteiger partial charge in [-0.25, -0.2) is 0 Å². The number of pyridine rings is 1. The van der Waals surface area contributed by atoms with Crippen LogP contribution >= 0.6 is 0 Å². The molecule has 0 spiro atoms. The number of nitrogens with zero attached hydrogens (tertiary/aromatic N) is 3. The normalized spacial score (nSPS) is 12.2. The number of hydrogen-bond acceptors (Lipinski definition) is 4. The molecule has 2 rings (SSSR count). The van der Waals surface area contributed by atoms with Crippen molar-refractivity contribution >= 4 is 11.6 Å². The second-order valence-corrected chi connectivity index (χ2v) is 4.67. The lowest BCUT2D eigenvalue weighted by molar-refractivity contribution is 0.0931. The number of anilines is 1. The number of nitrogen functional groups attached to an aromatic ring is 1. The summed E-state index contributed by atoms with van der Waals surface area (Å²) in [6, 6.07) is 3.61. The van der Waals surface area contributed by atoms with Gasteiger partial charge in [0.25, 0.3) is 5.91 Å². The first-order chi connectivity index (χ1) is 9.54. The van der Waals surface area contributed by atoms with Crippen LogP contribution in [-0.2, 0) is 13.5 Å². The second-order valence-electron chi connectivity index (χ2n) is 4.67. The predicted octanol–water partition coefficient (Wildman–Crippen LogP) is 1.45. The SMILES string of the molecule is CCc1nn(C)c(C(=O)NC(C)c2cccnc2)c1N. The van der Waals surface area contributed by atoms with E-state index in [-0.39, 0.29) is 11.9 Å². The van der Waals surface area contributed by atoms with E-state index < -0.39 is 0 Å². The van der Waals surface area contributed by atoms with Crippen molar-refractivity contribution < 1.29 is 4.79 Å². The Kier molecular flexibility index (Phi) is 4.02. The summed E-state index contributed by atoms with van der Waals surface area (Å²) >= 11 is 0. The van der Waals surface area contributed by atoms with Crippen molar-refractivity contribution in [2.24, 2.45) is 7.05 Å². The van der Waals surface area contributed by atoms with Crippen molar-refractivity contribution in [1.82, 2.24) is 20.1 Å². The molecule has 0 saturated carbocycles. The Morgan fingerprint density at radius 3 is 2.85 bits per heavy atom. The zero-order valence-corrected chi connectivity index (χ0v) is 11.9. The zero-order chi connectivity index (χ0) is 14.7. The summed E-state index contributed by atoms with van der Waals surface area (Å²) in [7, 11) is 1.72. The van der Waals surface area contributed by atoms with Crippen LogP contribution in [0.25, 0.3) is 0 Å². The monoisotopic (exact) mass is 273 g/mol. The highest BCUT2D eigenvalue weighted by molar-refractivity contribution is 5.98. The van der Waals surface area contributed by atoms with Crippen LogP contribution in [0.2, 0.25) is 0 Å². The smallest absolute Gasteiger partial charge is 0.272 e. The number of rotatable bonds is 4. The Morgan fingerprint density at radius 1 is 1.55 bits per heavy atom. The van der Waals surface area contributed by atoms with Gasteiger partial charge in [-0.15, -0.1) is 0 Å². The van der Waals surface area contributed by atoms with Gasteiger partial charge in [0, 0.05) is 19.4 Å². The lowest BCUT2D eigenvalue weighted by atomic mass is 10.1. The molecule has 3 N–H and O–H groups in total. The molecule has 0 bridgehead atoms. The number of nitrogens with one attached hydrogen (secondary N) is 1. The lowest BCUT2D eigenvalue weighted by Gasteiger charge is -2.14. The molecule has 1 amide bonds. The molecular formula is C14H19N5O. The second kappa shape index (κ2) is 5.73. The van der Waals surface area contributed by atoms with E-state index in [0.717, 1.165) is 11.3 Å². The topological polar surface area (TPSA) is 85.8 Å². The third-order valence-electron chi connectivity index (χ3n) is 3.24. The number of carbonyl (C=O) groups is 1. The van der Waals surface area contributed by atoms with E-state index in [4.69, 9.17) is 5.73 Å². The maximum atomic E-state index is 12.3. The van der Waals surface area contributed by atoms with E-state index in [2.05, 4.69) is 15.4 Å². The van der Waals surface area contributed by atoms with E-state index >= 15 is 0 Å². The van der Waals surface area contributed by atoms with Crippen LogP contribution in [0.4, 0.5) is 5.69 Å². The summed E-state index contributed by atoms with van der Waals surface area (Å²) in [6.45, 7) is 3.86. The minimum atomic E-state index is -0.228. The Bertz CT molecular complexity index is 606. The molecule has 6 nitrogen and oxygen atoms in total. The van der Waals surface area contributed by atoms with Gasteiger partial charge in [-0.2, -0.15) is 5.10 Å². The maximum absolute atomic E-state index is 12.3. The Hall–Kier alpha value is -2.37. The van der Waals surface area contributed by atoms with Crippen molar-refractivity contribution in [2.75, 3.05) is 5.73 Å². The molecule has 1 unspecified atom stereocenters. The molecule has 106 valence electrons. The van der Waals surface area contributed by atoms with Crippen molar-refractivity contribution in [1.29, 1.82) is 0 Å². The molecule has 1 atom stereocenters. The van der Waals surface area contributed by atoms with Crippen LogP contribution in [-0.4, -0.2) is 20.7 Å². The first-order valence-corrected chi connectivity index (χ1v) is 6.56. The number of nitrogens with two attached hydrogens (primary N) is 1. The fourth-order valence-electron chi connectivity index (χ4n) is 2.11. The van der Waals surface area contributed by atoms with Gasteiger partial charge in [-0.1, -0.05) is 13.0 Å².